The van der Waals surface area contributed by atoms with Gasteiger partial charge in [0.05, 0.1) is 16.4 Å². The van der Waals surface area contributed by atoms with Crippen molar-refractivity contribution in [3.05, 3.63) is 34.1 Å². The molecule has 0 saturated heterocycles. The maximum atomic E-state index is 13.3. The van der Waals surface area contributed by atoms with Gasteiger partial charge in [0.15, 0.2) is 0 Å². The summed E-state index contributed by atoms with van der Waals surface area (Å²) < 4.78 is 61.4. The van der Waals surface area contributed by atoms with Gasteiger partial charge in [-0.15, -0.1) is 0 Å². The van der Waals surface area contributed by atoms with Crippen LogP contribution in [0.5, 0.6) is 0 Å². The molecule has 19 heavy (non-hydrogen) atoms. The van der Waals surface area contributed by atoms with Crippen LogP contribution in [0.15, 0.2) is 23.1 Å². The molecule has 0 fully saturated rings. The summed E-state index contributed by atoms with van der Waals surface area (Å²) in [5.74, 6) is -1.35. The van der Waals surface area contributed by atoms with Crippen molar-refractivity contribution in [2.45, 2.75) is 11.3 Å². The molecule has 6 nitrogen and oxygen atoms in total. The molecule has 0 unspecified atom stereocenters. The van der Waals surface area contributed by atoms with Gasteiger partial charge in [-0.1, -0.05) is 0 Å². The van der Waals surface area contributed by atoms with E-state index in [1.165, 1.54) is 0 Å². The Morgan fingerprint density at radius 1 is 1.42 bits per heavy atom. The lowest BCUT2D eigenvalue weighted by atomic mass is 10.3. The van der Waals surface area contributed by atoms with Crippen LogP contribution in [0.3, 0.4) is 0 Å². The van der Waals surface area contributed by atoms with Crippen molar-refractivity contribution in [3.8, 4) is 0 Å². The minimum absolute atomic E-state index is 0.346. The SMILES string of the molecule is CN(CC(F)F)S(=O)(=O)c1ccc([N+](=O)[O-])c(F)c1. The fourth-order valence-electron chi connectivity index (χ4n) is 1.27. The van der Waals surface area contributed by atoms with E-state index in [-0.39, 0.29) is 0 Å². The zero-order valence-corrected chi connectivity index (χ0v) is 10.4. The van der Waals surface area contributed by atoms with Crippen LogP contribution in [0.25, 0.3) is 0 Å². The minimum Gasteiger partial charge on any atom is -0.258 e. The maximum Gasteiger partial charge on any atom is 0.304 e. The van der Waals surface area contributed by atoms with Crippen LogP contribution in [-0.2, 0) is 10.0 Å². The number of hydrogen-bond donors (Lipinski definition) is 0. The predicted octanol–water partition coefficient (Wildman–Crippen LogP) is 1.62. The molecule has 0 amide bonds. The Kier molecular flexibility index (Phi) is 4.48. The Morgan fingerprint density at radius 3 is 2.42 bits per heavy atom. The largest absolute Gasteiger partial charge is 0.304 e. The third-order valence-electron chi connectivity index (χ3n) is 2.22. The molecule has 0 radical (unpaired) electrons. The van der Waals surface area contributed by atoms with E-state index in [4.69, 9.17) is 0 Å². The molecule has 1 aromatic carbocycles. The van der Waals surface area contributed by atoms with Gasteiger partial charge in [-0.05, 0) is 6.07 Å². The third-order valence-corrected chi connectivity index (χ3v) is 4.04. The maximum absolute atomic E-state index is 13.3. The summed E-state index contributed by atoms with van der Waals surface area (Å²) in [4.78, 5) is 8.72. The lowest BCUT2D eigenvalue weighted by Crippen LogP contribution is -2.31. The van der Waals surface area contributed by atoms with Gasteiger partial charge in [-0.2, -0.15) is 8.70 Å². The van der Waals surface area contributed by atoms with Crippen molar-refractivity contribution >= 4 is 15.7 Å². The number of nitrogens with zero attached hydrogens (tertiary/aromatic N) is 2. The molecule has 0 atom stereocenters. The highest BCUT2D eigenvalue weighted by molar-refractivity contribution is 7.89. The molecular formula is C9H9F3N2O4S. The standard InChI is InChI=1S/C9H9F3N2O4S/c1-13(5-9(11)12)19(17,18)6-2-3-8(14(15)16)7(10)4-6/h2-4,9H,5H2,1H3. The smallest absolute Gasteiger partial charge is 0.258 e. The van der Waals surface area contributed by atoms with Crippen molar-refractivity contribution in [2.24, 2.45) is 0 Å². The van der Waals surface area contributed by atoms with Gasteiger partial charge in [0.2, 0.25) is 15.8 Å². The summed E-state index contributed by atoms with van der Waals surface area (Å²) in [6, 6.07) is 1.88. The van der Waals surface area contributed by atoms with Crippen LogP contribution in [0.2, 0.25) is 0 Å². The Bertz CT molecular complexity index is 591. The predicted molar refractivity (Wildman–Crippen MR) is 58.9 cm³/mol. The first-order valence-electron chi connectivity index (χ1n) is 4.84. The topological polar surface area (TPSA) is 80.5 Å². The van der Waals surface area contributed by atoms with E-state index >= 15 is 0 Å². The second-order valence-corrected chi connectivity index (χ2v) is 5.59. The molecule has 0 aliphatic rings. The van der Waals surface area contributed by atoms with E-state index in [0.717, 1.165) is 13.1 Å². The van der Waals surface area contributed by atoms with Gasteiger partial charge >= 0.3 is 5.69 Å². The Labute approximate surface area is 106 Å². The molecule has 0 spiro atoms. The lowest BCUT2D eigenvalue weighted by molar-refractivity contribution is -0.387. The summed E-state index contributed by atoms with van der Waals surface area (Å²) in [6.07, 6.45) is -2.89. The van der Waals surface area contributed by atoms with Gasteiger partial charge in [0.25, 0.3) is 6.43 Å². The first kappa shape index (κ1) is 15.4. The monoisotopic (exact) mass is 298 g/mol. The Morgan fingerprint density at radius 2 is 2.00 bits per heavy atom. The van der Waals surface area contributed by atoms with E-state index in [9.17, 15) is 31.7 Å². The summed E-state index contributed by atoms with van der Waals surface area (Å²) in [5, 5.41) is 10.4. The molecular weight excluding hydrogens is 289 g/mol. The number of alkyl halides is 2. The highest BCUT2D eigenvalue weighted by Crippen LogP contribution is 2.22. The zero-order chi connectivity index (χ0) is 14.8. The number of nitro groups is 1. The number of halogens is 3. The molecule has 10 heteroatoms. The second kappa shape index (κ2) is 5.53. The van der Waals surface area contributed by atoms with E-state index in [1.54, 1.807) is 0 Å². The van der Waals surface area contributed by atoms with Crippen LogP contribution in [-0.4, -0.2) is 37.7 Å². The van der Waals surface area contributed by atoms with Crippen LogP contribution in [0, 0.1) is 15.9 Å². The van der Waals surface area contributed by atoms with Crippen molar-refractivity contribution in [3.63, 3.8) is 0 Å². The highest BCUT2D eigenvalue weighted by Gasteiger charge is 2.26. The number of nitro benzene ring substituents is 1. The van der Waals surface area contributed by atoms with E-state index in [2.05, 4.69) is 0 Å². The van der Waals surface area contributed by atoms with Crippen molar-refractivity contribution in [2.75, 3.05) is 13.6 Å². The number of rotatable bonds is 5. The molecule has 0 aliphatic heterocycles. The zero-order valence-electron chi connectivity index (χ0n) is 9.59. The molecule has 0 bridgehead atoms. The molecule has 0 heterocycles. The Hall–Kier alpha value is -1.68. The molecule has 0 aliphatic carbocycles. The van der Waals surface area contributed by atoms with E-state index in [1.807, 2.05) is 0 Å². The van der Waals surface area contributed by atoms with Crippen LogP contribution in [0.4, 0.5) is 18.9 Å². The number of hydrogen-bond acceptors (Lipinski definition) is 4. The van der Waals surface area contributed by atoms with E-state index in [0.29, 0.717) is 16.4 Å². The summed E-state index contributed by atoms with van der Waals surface area (Å²) in [7, 11) is -3.40. The van der Waals surface area contributed by atoms with Crippen molar-refractivity contribution < 1.29 is 26.5 Å². The van der Waals surface area contributed by atoms with Gasteiger partial charge in [0.1, 0.15) is 0 Å². The molecule has 1 aromatic rings. The fraction of sp³-hybridized carbons (Fsp3) is 0.333. The summed E-state index contributed by atoms with van der Waals surface area (Å²) >= 11 is 0. The summed E-state index contributed by atoms with van der Waals surface area (Å²) in [5.41, 5.74) is -0.893. The molecule has 1 rings (SSSR count). The average Bonchev–Trinajstić information content (AvgIpc) is 2.27. The van der Waals surface area contributed by atoms with Crippen LogP contribution < -0.4 is 0 Å². The quantitative estimate of drug-likeness (QED) is 0.611. The Balaban J connectivity index is 3.16. The molecule has 106 valence electrons. The van der Waals surface area contributed by atoms with Gasteiger partial charge in [0, 0.05) is 19.2 Å². The fourth-order valence-corrected chi connectivity index (χ4v) is 2.43. The molecule has 0 aromatic heterocycles. The molecule has 0 N–H and O–H groups in total. The van der Waals surface area contributed by atoms with E-state index < -0.39 is 44.3 Å². The van der Waals surface area contributed by atoms with Crippen LogP contribution in [0.1, 0.15) is 0 Å². The third kappa shape index (κ3) is 3.41. The average molecular weight is 298 g/mol. The van der Waals surface area contributed by atoms with Crippen molar-refractivity contribution in [1.82, 2.24) is 4.31 Å². The molecule has 0 saturated carbocycles. The second-order valence-electron chi connectivity index (χ2n) is 3.55. The number of sulfonamides is 1. The van der Waals surface area contributed by atoms with Gasteiger partial charge in [-0.25, -0.2) is 17.2 Å². The van der Waals surface area contributed by atoms with Gasteiger partial charge in [-0.3, -0.25) is 10.1 Å². The summed E-state index contributed by atoms with van der Waals surface area (Å²) in [6.45, 7) is -1.05. The van der Waals surface area contributed by atoms with Crippen molar-refractivity contribution in [1.29, 1.82) is 0 Å². The highest BCUT2D eigenvalue weighted by atomic mass is 32.2. The normalized spacial score (nSPS) is 12.1. The lowest BCUT2D eigenvalue weighted by Gasteiger charge is -2.16. The first-order valence-corrected chi connectivity index (χ1v) is 6.28. The van der Waals surface area contributed by atoms with Crippen LogP contribution >= 0.6 is 0 Å². The minimum atomic E-state index is -4.31. The number of benzene rings is 1. The first-order chi connectivity index (χ1) is 8.66. The van der Waals surface area contributed by atoms with Gasteiger partial charge < -0.3 is 0 Å².